The topological polar surface area (TPSA) is 29.5 Å². The van der Waals surface area contributed by atoms with E-state index >= 15 is 0 Å². The average Bonchev–Trinajstić information content (AvgIpc) is 2.03. The van der Waals surface area contributed by atoms with Gasteiger partial charge in [0.05, 0.1) is 6.10 Å². The van der Waals surface area contributed by atoms with E-state index in [0.717, 1.165) is 19.3 Å². The van der Waals surface area contributed by atoms with Gasteiger partial charge in [-0.15, -0.1) is 6.58 Å². The van der Waals surface area contributed by atoms with Gasteiger partial charge in [0.1, 0.15) is 0 Å². The summed E-state index contributed by atoms with van der Waals surface area (Å²) in [4.78, 5) is 4.37. The van der Waals surface area contributed by atoms with Gasteiger partial charge in [0, 0.05) is 0 Å². The van der Waals surface area contributed by atoms with Crippen LogP contribution in [0, 0.1) is 5.92 Å². The van der Waals surface area contributed by atoms with Crippen LogP contribution in [0.1, 0.15) is 39.0 Å². The van der Waals surface area contributed by atoms with Gasteiger partial charge >= 0.3 is 0 Å². The van der Waals surface area contributed by atoms with E-state index in [1.54, 1.807) is 0 Å². The number of hydrogen-bond acceptors (Lipinski definition) is 2. The first kappa shape index (κ1) is 9.75. The van der Waals surface area contributed by atoms with Crippen LogP contribution in [-0.2, 0) is 4.89 Å². The minimum atomic E-state index is 0.0723. The Morgan fingerprint density at radius 3 is 2.92 bits per heavy atom. The van der Waals surface area contributed by atoms with Crippen LogP contribution in [-0.4, -0.2) is 11.4 Å². The van der Waals surface area contributed by atoms with Crippen molar-refractivity contribution in [2.75, 3.05) is 0 Å². The maximum absolute atomic E-state index is 8.52. The second-order valence-corrected chi connectivity index (χ2v) is 3.92. The standard InChI is InChI=1S/C10H18O2/c1-8(2)6-9-4-3-5-10(7-9)12-11/h9-11H,1,3-7H2,2H3/t9-,10-/m0/s1. The van der Waals surface area contributed by atoms with E-state index in [4.69, 9.17) is 5.26 Å². The summed E-state index contributed by atoms with van der Waals surface area (Å²) >= 11 is 0. The van der Waals surface area contributed by atoms with Crippen LogP contribution in [0.15, 0.2) is 12.2 Å². The molecule has 1 aliphatic carbocycles. The summed E-state index contributed by atoms with van der Waals surface area (Å²) in [6.07, 6.45) is 5.57. The maximum atomic E-state index is 8.52. The maximum Gasteiger partial charge on any atom is 0.0930 e. The minimum Gasteiger partial charge on any atom is -0.252 e. The van der Waals surface area contributed by atoms with Gasteiger partial charge < -0.3 is 0 Å². The van der Waals surface area contributed by atoms with Crippen molar-refractivity contribution in [3.63, 3.8) is 0 Å². The molecule has 70 valence electrons. The lowest BCUT2D eigenvalue weighted by atomic mass is 9.84. The Balaban J connectivity index is 2.30. The molecule has 0 aromatic rings. The van der Waals surface area contributed by atoms with E-state index in [1.807, 2.05) is 0 Å². The van der Waals surface area contributed by atoms with Crippen LogP contribution < -0.4 is 0 Å². The molecular weight excluding hydrogens is 152 g/mol. The van der Waals surface area contributed by atoms with E-state index in [1.165, 1.54) is 18.4 Å². The predicted molar refractivity (Wildman–Crippen MR) is 48.9 cm³/mol. The molecule has 0 amide bonds. The van der Waals surface area contributed by atoms with Crippen molar-refractivity contribution in [2.45, 2.75) is 45.1 Å². The van der Waals surface area contributed by atoms with Crippen LogP contribution in [0.4, 0.5) is 0 Å². The lowest BCUT2D eigenvalue weighted by molar-refractivity contribution is -0.286. The third-order valence-corrected chi connectivity index (χ3v) is 2.52. The molecule has 0 heterocycles. The zero-order chi connectivity index (χ0) is 8.97. The molecule has 2 heteroatoms. The molecule has 0 unspecified atom stereocenters. The fraction of sp³-hybridized carbons (Fsp3) is 0.800. The summed E-state index contributed by atoms with van der Waals surface area (Å²) in [5.41, 5.74) is 1.23. The zero-order valence-corrected chi connectivity index (χ0v) is 7.75. The highest BCUT2D eigenvalue weighted by Crippen LogP contribution is 2.29. The lowest BCUT2D eigenvalue weighted by Crippen LogP contribution is -2.21. The number of rotatable bonds is 3. The highest BCUT2D eigenvalue weighted by Gasteiger charge is 2.22. The van der Waals surface area contributed by atoms with Crippen molar-refractivity contribution in [1.29, 1.82) is 0 Å². The van der Waals surface area contributed by atoms with E-state index in [2.05, 4.69) is 18.4 Å². The molecule has 0 aliphatic heterocycles. The molecule has 0 saturated heterocycles. The van der Waals surface area contributed by atoms with Gasteiger partial charge in [0.25, 0.3) is 0 Å². The summed E-state index contributed by atoms with van der Waals surface area (Å²) in [6, 6.07) is 0. The Morgan fingerprint density at radius 2 is 2.33 bits per heavy atom. The van der Waals surface area contributed by atoms with Gasteiger partial charge in [0.2, 0.25) is 0 Å². The van der Waals surface area contributed by atoms with Gasteiger partial charge in [-0.2, -0.15) is 0 Å². The normalized spacial score (nSPS) is 30.2. The second-order valence-electron chi connectivity index (χ2n) is 3.92. The molecule has 0 aromatic carbocycles. The Labute approximate surface area is 74.2 Å². The molecule has 2 atom stereocenters. The summed E-state index contributed by atoms with van der Waals surface area (Å²) in [6.45, 7) is 5.96. The van der Waals surface area contributed by atoms with Crippen LogP contribution >= 0.6 is 0 Å². The van der Waals surface area contributed by atoms with Crippen LogP contribution in [0.25, 0.3) is 0 Å². The number of hydrogen-bond donors (Lipinski definition) is 1. The largest absolute Gasteiger partial charge is 0.252 e. The summed E-state index contributed by atoms with van der Waals surface area (Å²) in [5, 5.41) is 8.52. The highest BCUT2D eigenvalue weighted by molar-refractivity contribution is 4.91. The third-order valence-electron chi connectivity index (χ3n) is 2.52. The third kappa shape index (κ3) is 2.95. The van der Waals surface area contributed by atoms with Crippen molar-refractivity contribution in [1.82, 2.24) is 0 Å². The molecule has 0 spiro atoms. The highest BCUT2D eigenvalue weighted by atomic mass is 17.1. The molecule has 1 N–H and O–H groups in total. The zero-order valence-electron chi connectivity index (χ0n) is 7.75. The first-order valence-corrected chi connectivity index (χ1v) is 4.67. The van der Waals surface area contributed by atoms with Crippen molar-refractivity contribution in [3.05, 3.63) is 12.2 Å². The minimum absolute atomic E-state index is 0.0723. The van der Waals surface area contributed by atoms with E-state index in [-0.39, 0.29) is 6.10 Å². The van der Waals surface area contributed by atoms with Gasteiger partial charge in [-0.05, 0) is 38.5 Å². The number of allylic oxidation sites excluding steroid dienone is 1. The van der Waals surface area contributed by atoms with Gasteiger partial charge in [-0.1, -0.05) is 12.0 Å². The Hall–Kier alpha value is -0.340. The summed E-state index contributed by atoms with van der Waals surface area (Å²) < 4.78 is 0. The van der Waals surface area contributed by atoms with Crippen molar-refractivity contribution >= 4 is 0 Å². The molecule has 1 saturated carbocycles. The first-order chi connectivity index (χ1) is 5.72. The fourth-order valence-electron chi connectivity index (χ4n) is 2.02. The van der Waals surface area contributed by atoms with E-state index in [0.29, 0.717) is 5.92 Å². The van der Waals surface area contributed by atoms with Gasteiger partial charge in [0.15, 0.2) is 0 Å². The molecule has 1 rings (SSSR count). The van der Waals surface area contributed by atoms with Crippen molar-refractivity contribution < 1.29 is 10.1 Å². The van der Waals surface area contributed by atoms with Gasteiger partial charge in [-0.3, -0.25) is 5.26 Å². The van der Waals surface area contributed by atoms with E-state index in [9.17, 15) is 0 Å². The summed E-state index contributed by atoms with van der Waals surface area (Å²) in [5.74, 6) is 0.674. The molecule has 0 bridgehead atoms. The molecule has 12 heavy (non-hydrogen) atoms. The first-order valence-electron chi connectivity index (χ1n) is 4.67. The summed E-state index contributed by atoms with van der Waals surface area (Å²) in [7, 11) is 0. The quantitative estimate of drug-likeness (QED) is 0.401. The molecule has 1 fully saturated rings. The lowest BCUT2D eigenvalue weighted by Gasteiger charge is -2.26. The molecule has 0 radical (unpaired) electrons. The fourth-order valence-corrected chi connectivity index (χ4v) is 2.02. The molecule has 0 aromatic heterocycles. The average molecular weight is 170 g/mol. The predicted octanol–water partition coefficient (Wildman–Crippen LogP) is 3.00. The van der Waals surface area contributed by atoms with Crippen LogP contribution in [0.5, 0.6) is 0 Å². The molecular formula is C10H18O2. The smallest absolute Gasteiger partial charge is 0.0930 e. The van der Waals surface area contributed by atoms with Crippen LogP contribution in [0.2, 0.25) is 0 Å². The van der Waals surface area contributed by atoms with Crippen molar-refractivity contribution in [2.24, 2.45) is 5.92 Å². The monoisotopic (exact) mass is 170 g/mol. The van der Waals surface area contributed by atoms with Crippen molar-refractivity contribution in [3.8, 4) is 0 Å². The Kier molecular flexibility index (Phi) is 3.76. The molecule has 1 aliphatic rings. The Bertz CT molecular complexity index is 154. The molecule has 2 nitrogen and oxygen atoms in total. The van der Waals surface area contributed by atoms with Gasteiger partial charge in [-0.25, -0.2) is 4.89 Å². The van der Waals surface area contributed by atoms with Crippen LogP contribution in [0.3, 0.4) is 0 Å². The Morgan fingerprint density at radius 1 is 1.58 bits per heavy atom. The second kappa shape index (κ2) is 4.63. The SMILES string of the molecule is C=C(C)C[C@@H]1CCC[C@H](OO)C1. The van der Waals surface area contributed by atoms with E-state index < -0.39 is 0 Å².